The summed E-state index contributed by atoms with van der Waals surface area (Å²) in [6.45, 7) is 5.61. The molecule has 7 heteroatoms. The Kier molecular flexibility index (Phi) is 6.87. The van der Waals surface area contributed by atoms with Crippen molar-refractivity contribution in [1.82, 2.24) is 20.2 Å². The van der Waals surface area contributed by atoms with Crippen LogP contribution >= 0.6 is 0 Å². The van der Waals surface area contributed by atoms with Gasteiger partial charge in [-0.2, -0.15) is 0 Å². The maximum atomic E-state index is 12.5. The summed E-state index contributed by atoms with van der Waals surface area (Å²) >= 11 is 0. The van der Waals surface area contributed by atoms with Gasteiger partial charge in [0.05, 0.1) is 25.0 Å². The molecule has 0 fully saturated rings. The average molecular weight is 296 g/mol. The van der Waals surface area contributed by atoms with Crippen LogP contribution in [0.25, 0.3) is 0 Å². The summed E-state index contributed by atoms with van der Waals surface area (Å²) in [7, 11) is 0. The van der Waals surface area contributed by atoms with E-state index >= 15 is 0 Å². The number of nitrogens with one attached hydrogen (secondary N) is 2. The van der Waals surface area contributed by atoms with E-state index in [2.05, 4.69) is 15.3 Å². The number of imidazole rings is 1. The third-order valence-corrected chi connectivity index (χ3v) is 3.05. The van der Waals surface area contributed by atoms with Gasteiger partial charge in [-0.3, -0.25) is 9.59 Å². The van der Waals surface area contributed by atoms with Crippen molar-refractivity contribution < 1.29 is 14.7 Å². The summed E-state index contributed by atoms with van der Waals surface area (Å²) in [5.74, 6) is 0.352. The summed E-state index contributed by atoms with van der Waals surface area (Å²) in [6, 6.07) is -0.553. The predicted octanol–water partition coefficient (Wildman–Crippen LogP) is 0.344. The number of H-pyrrole nitrogens is 1. The minimum absolute atomic E-state index is 0.127. The van der Waals surface area contributed by atoms with Gasteiger partial charge in [0.1, 0.15) is 11.9 Å². The number of amides is 2. The highest BCUT2D eigenvalue weighted by molar-refractivity contribution is 5.86. The molecule has 1 rings (SSSR count). The molecule has 1 heterocycles. The Labute approximate surface area is 124 Å². The highest BCUT2D eigenvalue weighted by Gasteiger charge is 2.24. The number of carbonyl (C=O) groups is 2. The van der Waals surface area contributed by atoms with Crippen molar-refractivity contribution in [3.63, 3.8) is 0 Å². The third-order valence-electron chi connectivity index (χ3n) is 3.05. The Morgan fingerprint density at radius 3 is 2.71 bits per heavy atom. The molecule has 0 aliphatic carbocycles. The standard InChI is InChI=1S/C14H24N4O3/c1-4-5-13(17-11(3)20)14(21)18(6-7-19)9-12-8-15-10(2)16-12/h8,13,19H,4-7,9H2,1-3H3,(H,15,16)(H,17,20). The van der Waals surface area contributed by atoms with Crippen molar-refractivity contribution in [2.75, 3.05) is 13.2 Å². The van der Waals surface area contributed by atoms with Crippen LogP contribution in [0.15, 0.2) is 6.20 Å². The number of carbonyl (C=O) groups excluding carboxylic acids is 2. The first-order chi connectivity index (χ1) is 9.97. The van der Waals surface area contributed by atoms with E-state index in [9.17, 15) is 9.59 Å². The monoisotopic (exact) mass is 296 g/mol. The van der Waals surface area contributed by atoms with E-state index in [1.54, 1.807) is 6.20 Å². The van der Waals surface area contributed by atoms with Crippen LogP contribution in [0.2, 0.25) is 0 Å². The zero-order valence-corrected chi connectivity index (χ0v) is 12.8. The zero-order valence-electron chi connectivity index (χ0n) is 12.8. The molecule has 0 saturated carbocycles. The van der Waals surface area contributed by atoms with Crippen molar-refractivity contribution in [2.24, 2.45) is 0 Å². The lowest BCUT2D eigenvalue weighted by molar-refractivity contribution is -0.137. The van der Waals surface area contributed by atoms with E-state index < -0.39 is 6.04 Å². The van der Waals surface area contributed by atoms with Crippen LogP contribution in [0.4, 0.5) is 0 Å². The Morgan fingerprint density at radius 2 is 2.24 bits per heavy atom. The van der Waals surface area contributed by atoms with Gasteiger partial charge in [-0.1, -0.05) is 13.3 Å². The van der Waals surface area contributed by atoms with Crippen LogP contribution in [-0.2, 0) is 16.1 Å². The number of aromatic amines is 1. The van der Waals surface area contributed by atoms with Crippen molar-refractivity contribution in [1.29, 1.82) is 0 Å². The van der Waals surface area contributed by atoms with Gasteiger partial charge in [0.25, 0.3) is 0 Å². The lowest BCUT2D eigenvalue weighted by Crippen LogP contribution is -2.48. The summed E-state index contributed by atoms with van der Waals surface area (Å²) in [6.07, 6.45) is 3.02. The van der Waals surface area contributed by atoms with Gasteiger partial charge in [-0.05, 0) is 13.3 Å². The number of nitrogens with zero attached hydrogens (tertiary/aromatic N) is 2. The number of hydrogen-bond acceptors (Lipinski definition) is 4. The molecule has 0 spiro atoms. The van der Waals surface area contributed by atoms with Crippen LogP contribution in [-0.4, -0.2) is 51.0 Å². The maximum Gasteiger partial charge on any atom is 0.245 e. The molecule has 1 unspecified atom stereocenters. The zero-order chi connectivity index (χ0) is 15.8. The number of hydrogen-bond donors (Lipinski definition) is 3. The van der Waals surface area contributed by atoms with Crippen molar-refractivity contribution in [3.8, 4) is 0 Å². The summed E-state index contributed by atoms with van der Waals surface area (Å²) < 4.78 is 0. The second-order valence-electron chi connectivity index (χ2n) is 5.02. The lowest BCUT2D eigenvalue weighted by atomic mass is 10.1. The molecule has 0 radical (unpaired) electrons. The Bertz CT molecular complexity index is 473. The van der Waals surface area contributed by atoms with E-state index in [1.165, 1.54) is 11.8 Å². The van der Waals surface area contributed by atoms with E-state index in [4.69, 9.17) is 5.11 Å². The average Bonchev–Trinajstić information content (AvgIpc) is 2.82. The van der Waals surface area contributed by atoms with Crippen LogP contribution in [0.3, 0.4) is 0 Å². The van der Waals surface area contributed by atoms with Gasteiger partial charge in [0, 0.05) is 13.5 Å². The molecule has 1 aromatic rings. The van der Waals surface area contributed by atoms with Crippen LogP contribution in [0, 0.1) is 6.92 Å². The summed E-state index contributed by atoms with van der Waals surface area (Å²) in [5.41, 5.74) is 0.798. The maximum absolute atomic E-state index is 12.5. The molecule has 2 amide bonds. The smallest absolute Gasteiger partial charge is 0.245 e. The van der Waals surface area contributed by atoms with Crippen molar-refractivity contribution in [3.05, 3.63) is 17.7 Å². The van der Waals surface area contributed by atoms with E-state index in [0.717, 1.165) is 17.9 Å². The normalized spacial score (nSPS) is 12.0. The highest BCUT2D eigenvalue weighted by atomic mass is 16.3. The molecule has 118 valence electrons. The second kappa shape index (κ2) is 8.41. The molecule has 0 bridgehead atoms. The van der Waals surface area contributed by atoms with Crippen LogP contribution < -0.4 is 5.32 Å². The lowest BCUT2D eigenvalue weighted by Gasteiger charge is -2.26. The highest BCUT2D eigenvalue weighted by Crippen LogP contribution is 2.08. The van der Waals surface area contributed by atoms with Gasteiger partial charge in [0.2, 0.25) is 11.8 Å². The van der Waals surface area contributed by atoms with Gasteiger partial charge in [-0.15, -0.1) is 0 Å². The molecule has 0 aliphatic rings. The predicted molar refractivity (Wildman–Crippen MR) is 78.3 cm³/mol. The molecule has 3 N–H and O–H groups in total. The molecule has 0 saturated heterocycles. The Balaban J connectivity index is 2.80. The molecular weight excluding hydrogens is 272 g/mol. The molecule has 0 aromatic carbocycles. The fourth-order valence-corrected chi connectivity index (χ4v) is 2.16. The Hall–Kier alpha value is -1.89. The first-order valence-corrected chi connectivity index (χ1v) is 7.15. The van der Waals surface area contributed by atoms with Gasteiger partial charge >= 0.3 is 0 Å². The second-order valence-corrected chi connectivity index (χ2v) is 5.02. The fraction of sp³-hybridized carbons (Fsp3) is 0.643. The van der Waals surface area contributed by atoms with E-state index in [1.807, 2.05) is 13.8 Å². The SMILES string of the molecule is CCCC(NC(C)=O)C(=O)N(CCO)Cc1cnc(C)[nH]1. The third kappa shape index (κ3) is 5.55. The number of aliphatic hydroxyl groups excluding tert-OH is 1. The molecule has 0 aliphatic heterocycles. The van der Waals surface area contributed by atoms with Gasteiger partial charge in [0.15, 0.2) is 0 Å². The number of aryl methyl sites for hydroxylation is 1. The Morgan fingerprint density at radius 1 is 1.52 bits per heavy atom. The van der Waals surface area contributed by atoms with E-state index in [-0.39, 0.29) is 25.0 Å². The van der Waals surface area contributed by atoms with Gasteiger partial charge < -0.3 is 20.3 Å². The molecule has 7 nitrogen and oxygen atoms in total. The topological polar surface area (TPSA) is 98.3 Å². The molecule has 1 aromatic heterocycles. The quantitative estimate of drug-likeness (QED) is 0.644. The molecule has 21 heavy (non-hydrogen) atoms. The largest absolute Gasteiger partial charge is 0.395 e. The number of aromatic nitrogens is 2. The van der Waals surface area contributed by atoms with Crippen LogP contribution in [0.5, 0.6) is 0 Å². The van der Waals surface area contributed by atoms with Crippen molar-refractivity contribution in [2.45, 2.75) is 46.2 Å². The van der Waals surface area contributed by atoms with Crippen molar-refractivity contribution >= 4 is 11.8 Å². The first kappa shape index (κ1) is 17.2. The number of aliphatic hydroxyl groups is 1. The molecular formula is C14H24N4O3. The van der Waals surface area contributed by atoms with Gasteiger partial charge in [-0.25, -0.2) is 4.98 Å². The first-order valence-electron chi connectivity index (χ1n) is 7.15. The summed E-state index contributed by atoms with van der Waals surface area (Å²) in [5, 5.41) is 11.8. The number of rotatable bonds is 8. The van der Waals surface area contributed by atoms with Crippen LogP contribution in [0.1, 0.15) is 38.2 Å². The minimum Gasteiger partial charge on any atom is -0.395 e. The molecule has 1 atom stereocenters. The van der Waals surface area contributed by atoms with E-state index in [0.29, 0.717) is 13.0 Å². The fourth-order valence-electron chi connectivity index (χ4n) is 2.16. The minimum atomic E-state index is -0.553. The summed E-state index contributed by atoms with van der Waals surface area (Å²) in [4.78, 5) is 32.4.